The molecule has 0 radical (unpaired) electrons. The third kappa shape index (κ3) is 3.21. The van der Waals surface area contributed by atoms with Crippen LogP contribution in [0, 0.1) is 12.7 Å². The summed E-state index contributed by atoms with van der Waals surface area (Å²) in [6.07, 6.45) is 1.93. The van der Waals surface area contributed by atoms with Crippen LogP contribution < -0.4 is 5.32 Å². The first-order valence-electron chi connectivity index (χ1n) is 6.19. The summed E-state index contributed by atoms with van der Waals surface area (Å²) in [5, 5.41) is 16.2. The van der Waals surface area contributed by atoms with Crippen molar-refractivity contribution in [3.63, 3.8) is 0 Å². The highest BCUT2D eigenvalue weighted by molar-refractivity contribution is 5.87. The Balaban J connectivity index is 1.96. The highest BCUT2D eigenvalue weighted by atomic mass is 19.1. The quantitative estimate of drug-likeness (QED) is 0.875. The van der Waals surface area contributed by atoms with Crippen LogP contribution in [-0.4, -0.2) is 20.9 Å². The van der Waals surface area contributed by atoms with Gasteiger partial charge < -0.3 is 10.4 Å². The third-order valence-corrected chi connectivity index (χ3v) is 3.02. The smallest absolute Gasteiger partial charge is 0.338 e. The van der Waals surface area contributed by atoms with Gasteiger partial charge >= 0.3 is 5.97 Å². The van der Waals surface area contributed by atoms with Crippen LogP contribution in [0.1, 0.15) is 27.2 Å². The number of aryl methyl sites for hydroxylation is 2. The van der Waals surface area contributed by atoms with Gasteiger partial charge in [0.05, 0.1) is 11.3 Å². The van der Waals surface area contributed by atoms with Gasteiger partial charge in [-0.2, -0.15) is 5.10 Å². The van der Waals surface area contributed by atoms with Gasteiger partial charge in [0.25, 0.3) is 0 Å². The number of benzene rings is 1. The number of carboxylic acids is 1. The molecule has 0 atom stereocenters. The zero-order chi connectivity index (χ0) is 14.7. The SMILES string of the molecule is Cc1nn(C)cc1CNCc1ccc(C(=O)O)c(F)c1. The van der Waals surface area contributed by atoms with Crippen LogP contribution in [0.15, 0.2) is 24.4 Å². The average molecular weight is 277 g/mol. The number of carboxylic acid groups (broad SMARTS) is 1. The van der Waals surface area contributed by atoms with Crippen molar-refractivity contribution in [2.75, 3.05) is 0 Å². The minimum Gasteiger partial charge on any atom is -0.478 e. The van der Waals surface area contributed by atoms with E-state index >= 15 is 0 Å². The van der Waals surface area contributed by atoms with Crippen molar-refractivity contribution in [2.45, 2.75) is 20.0 Å². The number of aromatic carboxylic acids is 1. The molecular weight excluding hydrogens is 261 g/mol. The van der Waals surface area contributed by atoms with Crippen molar-refractivity contribution >= 4 is 5.97 Å². The van der Waals surface area contributed by atoms with Crippen LogP contribution in [0.5, 0.6) is 0 Å². The van der Waals surface area contributed by atoms with Crippen LogP contribution in [0.25, 0.3) is 0 Å². The van der Waals surface area contributed by atoms with Gasteiger partial charge in [-0.25, -0.2) is 9.18 Å². The molecule has 0 fully saturated rings. The minimum absolute atomic E-state index is 0.308. The lowest BCUT2D eigenvalue weighted by atomic mass is 10.1. The van der Waals surface area contributed by atoms with Crippen LogP contribution in [0.3, 0.4) is 0 Å². The van der Waals surface area contributed by atoms with Gasteiger partial charge in [0.15, 0.2) is 0 Å². The van der Waals surface area contributed by atoms with E-state index in [-0.39, 0.29) is 5.56 Å². The van der Waals surface area contributed by atoms with E-state index in [4.69, 9.17) is 5.11 Å². The standard InChI is InChI=1S/C14H16FN3O2/c1-9-11(8-18(2)17-9)7-16-6-10-3-4-12(14(19)20)13(15)5-10/h3-5,8,16H,6-7H2,1-2H3,(H,19,20). The van der Waals surface area contributed by atoms with Crippen molar-refractivity contribution in [3.05, 3.63) is 52.6 Å². The summed E-state index contributed by atoms with van der Waals surface area (Å²) < 4.78 is 15.2. The fourth-order valence-electron chi connectivity index (χ4n) is 2.01. The summed E-state index contributed by atoms with van der Waals surface area (Å²) in [4.78, 5) is 10.7. The molecule has 5 nitrogen and oxygen atoms in total. The van der Waals surface area contributed by atoms with Crippen LogP contribution in [0.2, 0.25) is 0 Å². The second-order valence-electron chi connectivity index (χ2n) is 4.64. The van der Waals surface area contributed by atoms with E-state index in [2.05, 4.69) is 10.4 Å². The van der Waals surface area contributed by atoms with Gasteiger partial charge in [-0.15, -0.1) is 0 Å². The van der Waals surface area contributed by atoms with E-state index in [1.165, 1.54) is 12.1 Å². The summed E-state index contributed by atoms with van der Waals surface area (Å²) in [5.74, 6) is -1.97. The third-order valence-electron chi connectivity index (χ3n) is 3.02. The lowest BCUT2D eigenvalue weighted by molar-refractivity contribution is 0.0692. The highest BCUT2D eigenvalue weighted by Gasteiger charge is 2.10. The Morgan fingerprint density at radius 2 is 2.20 bits per heavy atom. The molecule has 2 aromatic rings. The van der Waals surface area contributed by atoms with Crippen molar-refractivity contribution in [1.82, 2.24) is 15.1 Å². The van der Waals surface area contributed by atoms with Crippen LogP contribution >= 0.6 is 0 Å². The number of hydrogen-bond donors (Lipinski definition) is 2. The zero-order valence-corrected chi connectivity index (χ0v) is 11.4. The molecule has 0 aliphatic rings. The number of nitrogens with one attached hydrogen (secondary N) is 1. The van der Waals surface area contributed by atoms with E-state index in [0.717, 1.165) is 11.3 Å². The molecule has 0 spiro atoms. The highest BCUT2D eigenvalue weighted by Crippen LogP contribution is 2.11. The summed E-state index contributed by atoms with van der Waals surface area (Å²) in [6.45, 7) is 3.02. The molecule has 106 valence electrons. The lowest BCUT2D eigenvalue weighted by Gasteiger charge is -2.05. The van der Waals surface area contributed by atoms with E-state index in [0.29, 0.717) is 18.7 Å². The molecular formula is C14H16FN3O2. The first-order valence-corrected chi connectivity index (χ1v) is 6.19. The predicted octanol–water partition coefficient (Wildman–Crippen LogP) is 1.86. The average Bonchev–Trinajstić information content (AvgIpc) is 2.67. The van der Waals surface area contributed by atoms with Gasteiger partial charge in [0.1, 0.15) is 5.82 Å². The summed E-state index contributed by atoms with van der Waals surface area (Å²) in [7, 11) is 1.86. The molecule has 0 unspecified atom stereocenters. The minimum atomic E-state index is -1.26. The molecule has 2 rings (SSSR count). The first-order chi connectivity index (χ1) is 9.47. The summed E-state index contributed by atoms with van der Waals surface area (Å²) in [5.41, 5.74) is 2.42. The molecule has 1 aromatic carbocycles. The molecule has 6 heteroatoms. The summed E-state index contributed by atoms with van der Waals surface area (Å²) >= 11 is 0. The predicted molar refractivity (Wildman–Crippen MR) is 71.8 cm³/mol. The van der Waals surface area contributed by atoms with Crippen LogP contribution in [-0.2, 0) is 20.1 Å². The van der Waals surface area contributed by atoms with Gasteiger partial charge in [-0.05, 0) is 24.6 Å². The fraction of sp³-hybridized carbons (Fsp3) is 0.286. The maximum atomic E-state index is 13.5. The second-order valence-corrected chi connectivity index (χ2v) is 4.64. The largest absolute Gasteiger partial charge is 0.478 e. The van der Waals surface area contributed by atoms with Gasteiger partial charge in [-0.1, -0.05) is 6.07 Å². The van der Waals surface area contributed by atoms with E-state index in [1.807, 2.05) is 20.2 Å². The molecule has 2 N–H and O–H groups in total. The number of hydrogen-bond acceptors (Lipinski definition) is 3. The van der Waals surface area contributed by atoms with Crippen LogP contribution in [0.4, 0.5) is 4.39 Å². The molecule has 0 aliphatic heterocycles. The Kier molecular flexibility index (Phi) is 4.14. The molecule has 0 saturated carbocycles. The Hall–Kier alpha value is -2.21. The maximum absolute atomic E-state index is 13.5. The summed E-state index contributed by atoms with van der Waals surface area (Å²) in [6, 6.07) is 4.13. The Morgan fingerprint density at radius 3 is 2.75 bits per heavy atom. The topological polar surface area (TPSA) is 67.2 Å². The van der Waals surface area contributed by atoms with Gasteiger partial charge in [-0.3, -0.25) is 4.68 Å². The Labute approximate surface area is 116 Å². The lowest BCUT2D eigenvalue weighted by Crippen LogP contribution is -2.13. The first kappa shape index (κ1) is 14.2. The molecule has 0 bridgehead atoms. The molecule has 0 saturated heterocycles. The van der Waals surface area contributed by atoms with Gasteiger partial charge in [0.2, 0.25) is 0 Å². The Bertz CT molecular complexity index is 637. The van der Waals surface area contributed by atoms with E-state index in [1.54, 1.807) is 10.7 Å². The normalized spacial score (nSPS) is 10.8. The number of nitrogens with zero attached hydrogens (tertiary/aromatic N) is 2. The van der Waals surface area contributed by atoms with E-state index < -0.39 is 11.8 Å². The maximum Gasteiger partial charge on any atom is 0.338 e. The van der Waals surface area contributed by atoms with Crippen molar-refractivity contribution in [2.24, 2.45) is 7.05 Å². The second kappa shape index (κ2) is 5.83. The molecule has 1 aromatic heterocycles. The number of aromatic nitrogens is 2. The zero-order valence-electron chi connectivity index (χ0n) is 11.4. The number of halogens is 1. The molecule has 0 aliphatic carbocycles. The fourth-order valence-corrected chi connectivity index (χ4v) is 2.01. The molecule has 1 heterocycles. The van der Waals surface area contributed by atoms with Crippen molar-refractivity contribution < 1.29 is 14.3 Å². The van der Waals surface area contributed by atoms with Crippen molar-refractivity contribution in [3.8, 4) is 0 Å². The molecule has 0 amide bonds. The monoisotopic (exact) mass is 277 g/mol. The number of carbonyl (C=O) groups is 1. The van der Waals surface area contributed by atoms with Gasteiger partial charge in [0, 0.05) is 31.9 Å². The Morgan fingerprint density at radius 1 is 1.45 bits per heavy atom. The van der Waals surface area contributed by atoms with E-state index in [9.17, 15) is 9.18 Å². The molecule has 20 heavy (non-hydrogen) atoms. The van der Waals surface area contributed by atoms with Crippen molar-refractivity contribution in [1.29, 1.82) is 0 Å². The number of rotatable bonds is 5.